The predicted molar refractivity (Wildman–Crippen MR) is 119 cm³/mol. The Balaban J connectivity index is 1.20. The molecule has 1 fully saturated rings. The second-order valence-electron chi connectivity index (χ2n) is 8.21. The first-order valence-electron chi connectivity index (χ1n) is 10.8. The van der Waals surface area contributed by atoms with Crippen molar-refractivity contribution in [2.24, 2.45) is 0 Å². The summed E-state index contributed by atoms with van der Waals surface area (Å²) < 4.78 is 7.82. The van der Waals surface area contributed by atoms with Gasteiger partial charge in [0.1, 0.15) is 6.10 Å². The highest BCUT2D eigenvalue weighted by atomic mass is 32.1. The molecule has 1 atom stereocenters. The summed E-state index contributed by atoms with van der Waals surface area (Å²) in [6, 6.07) is 12.2. The lowest BCUT2D eigenvalue weighted by atomic mass is 10.1. The van der Waals surface area contributed by atoms with Crippen LogP contribution in [0.3, 0.4) is 0 Å². The van der Waals surface area contributed by atoms with Gasteiger partial charge < -0.3 is 14.5 Å². The zero-order valence-electron chi connectivity index (χ0n) is 17.9. The van der Waals surface area contributed by atoms with Gasteiger partial charge in [-0.25, -0.2) is 4.68 Å². The van der Waals surface area contributed by atoms with Gasteiger partial charge in [0.05, 0.1) is 25.3 Å². The van der Waals surface area contributed by atoms with Crippen LogP contribution in [0.4, 0.5) is 0 Å². The summed E-state index contributed by atoms with van der Waals surface area (Å²) in [6.45, 7) is 4.94. The van der Waals surface area contributed by atoms with E-state index >= 15 is 0 Å². The van der Waals surface area contributed by atoms with E-state index in [2.05, 4.69) is 41.5 Å². The number of aryl methyl sites for hydroxylation is 1. The Morgan fingerprint density at radius 1 is 1.09 bits per heavy atom. The van der Waals surface area contributed by atoms with E-state index in [0.29, 0.717) is 51.4 Å². The van der Waals surface area contributed by atoms with Gasteiger partial charge >= 0.3 is 0 Å². The van der Waals surface area contributed by atoms with Crippen molar-refractivity contribution < 1.29 is 14.3 Å². The Bertz CT molecular complexity index is 1100. The third-order valence-corrected chi connectivity index (χ3v) is 6.95. The predicted octanol–water partition coefficient (Wildman–Crippen LogP) is 2.45. The van der Waals surface area contributed by atoms with Crippen molar-refractivity contribution in [3.05, 3.63) is 69.2 Å². The molecule has 0 radical (unpaired) electrons. The third kappa shape index (κ3) is 4.18. The van der Waals surface area contributed by atoms with Crippen molar-refractivity contribution in [3.8, 4) is 0 Å². The Morgan fingerprint density at radius 2 is 1.84 bits per heavy atom. The number of hydrogen-bond acceptors (Lipinski definition) is 6. The molecule has 2 aliphatic heterocycles. The molecule has 0 unspecified atom stereocenters. The molecule has 32 heavy (non-hydrogen) atoms. The summed E-state index contributed by atoms with van der Waals surface area (Å²) in [5.41, 5.74) is 3.36. The van der Waals surface area contributed by atoms with Crippen molar-refractivity contribution >= 4 is 23.2 Å². The fraction of sp³-hybridized carbons (Fsp3) is 0.391. The van der Waals surface area contributed by atoms with Gasteiger partial charge in [0.15, 0.2) is 5.69 Å². The molecule has 3 aromatic rings. The molecular formula is C23H25N5O3S. The number of hydrogen-bond donors (Lipinski definition) is 0. The molecule has 0 saturated carbocycles. The minimum Gasteiger partial charge on any atom is -0.365 e. The minimum atomic E-state index is -0.144. The first-order chi connectivity index (χ1) is 15.6. The molecule has 166 valence electrons. The molecule has 4 heterocycles. The SMILES string of the molecule is Cc1ccc([C@H]2Cn3nnc(C(=O)N4CCN(C(=O)Cc5cccs5)CC4)c3CO2)cc1. The number of thiophene rings is 1. The van der Waals surface area contributed by atoms with Crippen LogP contribution in [0.5, 0.6) is 0 Å². The van der Waals surface area contributed by atoms with E-state index in [0.717, 1.165) is 16.1 Å². The molecule has 9 heteroatoms. The molecule has 1 aromatic carbocycles. The normalized spacial score (nSPS) is 18.5. The highest BCUT2D eigenvalue weighted by molar-refractivity contribution is 7.10. The summed E-state index contributed by atoms with van der Waals surface area (Å²) in [4.78, 5) is 30.3. The lowest BCUT2D eigenvalue weighted by molar-refractivity contribution is -0.131. The van der Waals surface area contributed by atoms with Gasteiger partial charge in [0.2, 0.25) is 5.91 Å². The lowest BCUT2D eigenvalue weighted by Gasteiger charge is -2.34. The molecule has 0 aliphatic carbocycles. The van der Waals surface area contributed by atoms with Crippen LogP contribution < -0.4 is 0 Å². The van der Waals surface area contributed by atoms with E-state index < -0.39 is 0 Å². The summed E-state index contributed by atoms with van der Waals surface area (Å²) in [6.07, 6.45) is 0.314. The second kappa shape index (κ2) is 8.84. The third-order valence-electron chi connectivity index (χ3n) is 6.07. The monoisotopic (exact) mass is 451 g/mol. The van der Waals surface area contributed by atoms with Crippen LogP contribution in [0, 0.1) is 6.92 Å². The number of ether oxygens (including phenoxy) is 1. The minimum absolute atomic E-state index is 0.106. The van der Waals surface area contributed by atoms with Crippen molar-refractivity contribution in [1.29, 1.82) is 0 Å². The van der Waals surface area contributed by atoms with Crippen molar-refractivity contribution in [3.63, 3.8) is 0 Å². The summed E-state index contributed by atoms with van der Waals surface area (Å²) in [7, 11) is 0. The average Bonchev–Trinajstić information content (AvgIpc) is 3.48. The van der Waals surface area contributed by atoms with Crippen LogP contribution in [0.15, 0.2) is 41.8 Å². The van der Waals surface area contributed by atoms with Crippen LogP contribution in [0.2, 0.25) is 0 Å². The smallest absolute Gasteiger partial charge is 0.276 e. The summed E-state index contributed by atoms with van der Waals surface area (Å²) >= 11 is 1.59. The van der Waals surface area contributed by atoms with Crippen LogP contribution in [-0.4, -0.2) is 62.8 Å². The fourth-order valence-corrected chi connectivity index (χ4v) is 4.84. The van der Waals surface area contributed by atoms with E-state index in [4.69, 9.17) is 4.74 Å². The van der Waals surface area contributed by atoms with E-state index in [9.17, 15) is 9.59 Å². The number of benzene rings is 1. The number of aromatic nitrogens is 3. The Kier molecular flexibility index (Phi) is 5.75. The Labute approximate surface area is 190 Å². The van der Waals surface area contributed by atoms with Gasteiger partial charge in [0, 0.05) is 31.1 Å². The quantitative estimate of drug-likeness (QED) is 0.609. The molecule has 2 amide bonds. The van der Waals surface area contributed by atoms with Gasteiger partial charge in [-0.15, -0.1) is 16.4 Å². The summed E-state index contributed by atoms with van der Waals surface area (Å²) in [5, 5.41) is 10.4. The zero-order chi connectivity index (χ0) is 22.1. The highest BCUT2D eigenvalue weighted by Crippen LogP contribution is 2.27. The molecule has 5 rings (SSSR count). The maximum Gasteiger partial charge on any atom is 0.276 e. The topological polar surface area (TPSA) is 80.6 Å². The van der Waals surface area contributed by atoms with Gasteiger partial charge in [-0.05, 0) is 23.9 Å². The number of carbonyl (C=O) groups excluding carboxylic acids is 2. The van der Waals surface area contributed by atoms with E-state index in [1.165, 1.54) is 5.56 Å². The van der Waals surface area contributed by atoms with E-state index in [1.807, 2.05) is 22.4 Å². The van der Waals surface area contributed by atoms with Gasteiger partial charge in [0.25, 0.3) is 5.91 Å². The molecule has 2 aliphatic rings. The van der Waals surface area contributed by atoms with E-state index in [1.54, 1.807) is 20.9 Å². The maximum absolute atomic E-state index is 13.1. The Hall–Kier alpha value is -3.04. The molecule has 2 aromatic heterocycles. The number of carbonyl (C=O) groups is 2. The number of rotatable bonds is 4. The van der Waals surface area contributed by atoms with Crippen molar-refractivity contribution in [2.75, 3.05) is 26.2 Å². The van der Waals surface area contributed by atoms with Gasteiger partial charge in [-0.1, -0.05) is 41.1 Å². The van der Waals surface area contributed by atoms with Crippen LogP contribution in [-0.2, 0) is 29.1 Å². The second-order valence-corrected chi connectivity index (χ2v) is 9.24. The van der Waals surface area contributed by atoms with Crippen LogP contribution in [0.25, 0.3) is 0 Å². The first-order valence-corrected chi connectivity index (χ1v) is 11.7. The number of amides is 2. The van der Waals surface area contributed by atoms with Gasteiger partial charge in [-0.3, -0.25) is 9.59 Å². The molecule has 0 bridgehead atoms. The molecular weight excluding hydrogens is 426 g/mol. The maximum atomic E-state index is 13.1. The standard InChI is InChI=1S/C23H25N5O3S/c1-16-4-6-17(7-5-16)20-14-28-19(15-31-20)22(24-25-28)23(30)27-10-8-26(9-11-27)21(29)13-18-3-2-12-32-18/h2-7,12,20H,8-11,13-15H2,1H3/t20-/m1/s1. The highest BCUT2D eigenvalue weighted by Gasteiger charge is 2.32. The molecule has 8 nitrogen and oxygen atoms in total. The largest absolute Gasteiger partial charge is 0.365 e. The van der Waals surface area contributed by atoms with Gasteiger partial charge in [-0.2, -0.15) is 0 Å². The lowest BCUT2D eigenvalue weighted by Crippen LogP contribution is -2.51. The van der Waals surface area contributed by atoms with E-state index in [-0.39, 0.29) is 17.9 Å². The fourth-order valence-electron chi connectivity index (χ4n) is 4.14. The molecule has 0 spiro atoms. The number of piperazine rings is 1. The Morgan fingerprint density at radius 3 is 2.56 bits per heavy atom. The number of nitrogens with zero attached hydrogens (tertiary/aromatic N) is 5. The zero-order valence-corrected chi connectivity index (χ0v) is 18.8. The molecule has 0 N–H and O–H groups in total. The summed E-state index contributed by atoms with van der Waals surface area (Å²) in [5.74, 6) is -0.0369. The van der Waals surface area contributed by atoms with Crippen LogP contribution in [0.1, 0.15) is 38.3 Å². The van der Waals surface area contributed by atoms with Crippen LogP contribution >= 0.6 is 11.3 Å². The first kappa shape index (κ1) is 20.8. The molecule has 1 saturated heterocycles. The van der Waals surface area contributed by atoms with Crippen molar-refractivity contribution in [2.45, 2.75) is 32.6 Å². The average molecular weight is 452 g/mol. The van der Waals surface area contributed by atoms with Crippen molar-refractivity contribution in [1.82, 2.24) is 24.8 Å². The number of fused-ring (bicyclic) bond motifs is 1.